The highest BCUT2D eigenvalue weighted by Gasteiger charge is 2.17. The molecule has 1 N–H and O–H groups in total. The highest BCUT2D eigenvalue weighted by Crippen LogP contribution is 2.24. The summed E-state index contributed by atoms with van der Waals surface area (Å²) in [4.78, 5) is 12.6. The fourth-order valence-corrected chi connectivity index (χ4v) is 5.48. The van der Waals surface area contributed by atoms with Crippen LogP contribution in [0.3, 0.4) is 0 Å². The molecule has 1 saturated heterocycles. The first-order valence-corrected chi connectivity index (χ1v) is 8.85. The maximum atomic E-state index is 11.8. The zero-order chi connectivity index (χ0) is 11.4. The van der Waals surface area contributed by atoms with Crippen LogP contribution in [-0.2, 0) is 0 Å². The van der Waals surface area contributed by atoms with Crippen molar-refractivity contribution in [2.24, 2.45) is 0 Å². The maximum Gasteiger partial charge on any atom is 0.262 e. The van der Waals surface area contributed by atoms with Gasteiger partial charge in [-0.2, -0.15) is 23.5 Å². The van der Waals surface area contributed by atoms with Gasteiger partial charge >= 0.3 is 0 Å². The molecule has 0 saturated carbocycles. The monoisotopic (exact) mass is 337 g/mol. The third-order valence-corrected chi connectivity index (χ3v) is 6.88. The van der Waals surface area contributed by atoms with Gasteiger partial charge in [0, 0.05) is 33.5 Å². The first kappa shape index (κ1) is 12.8. The standard InChI is InChI=1S/C10H12BrNOS3/c11-8-1-2-16-9(8)10(13)12-5-7-6-14-3-4-15-7/h1-2,7H,3-6H2,(H,12,13)/t7-/m1/s1. The number of hydrogen-bond donors (Lipinski definition) is 1. The second-order valence-corrected chi connectivity index (χ2v) is 7.70. The zero-order valence-corrected chi connectivity index (χ0v) is 12.6. The smallest absolute Gasteiger partial charge is 0.262 e. The number of carbonyl (C=O) groups excluding carboxylic acids is 1. The Hall–Kier alpha value is 0.350. The summed E-state index contributed by atoms with van der Waals surface area (Å²) in [6.07, 6.45) is 0. The Labute approximate surface area is 116 Å². The lowest BCUT2D eigenvalue weighted by atomic mass is 10.4. The molecule has 1 aromatic heterocycles. The van der Waals surface area contributed by atoms with Crippen molar-refractivity contribution in [2.75, 3.05) is 23.8 Å². The first-order chi connectivity index (χ1) is 7.77. The Bertz CT molecular complexity index is 363. The van der Waals surface area contributed by atoms with E-state index in [4.69, 9.17) is 0 Å². The zero-order valence-electron chi connectivity index (χ0n) is 8.57. The molecule has 2 nitrogen and oxygen atoms in total. The molecular formula is C10H12BrNOS3. The summed E-state index contributed by atoms with van der Waals surface area (Å²) < 4.78 is 0.890. The Morgan fingerprint density at radius 3 is 3.06 bits per heavy atom. The van der Waals surface area contributed by atoms with E-state index in [1.807, 2.05) is 35.0 Å². The molecule has 1 amide bonds. The summed E-state index contributed by atoms with van der Waals surface area (Å²) in [5.41, 5.74) is 0. The molecule has 0 aliphatic carbocycles. The van der Waals surface area contributed by atoms with E-state index in [1.165, 1.54) is 22.8 Å². The molecule has 0 unspecified atom stereocenters. The minimum Gasteiger partial charge on any atom is -0.350 e. The van der Waals surface area contributed by atoms with Gasteiger partial charge in [0.05, 0.1) is 0 Å². The molecule has 6 heteroatoms. The van der Waals surface area contributed by atoms with Gasteiger partial charge in [-0.3, -0.25) is 4.79 Å². The van der Waals surface area contributed by atoms with Crippen molar-refractivity contribution in [3.8, 4) is 0 Å². The van der Waals surface area contributed by atoms with Crippen LogP contribution in [0.25, 0.3) is 0 Å². The number of rotatable bonds is 3. The van der Waals surface area contributed by atoms with Gasteiger partial charge in [-0.1, -0.05) is 0 Å². The van der Waals surface area contributed by atoms with Crippen molar-refractivity contribution in [3.63, 3.8) is 0 Å². The normalized spacial score (nSPS) is 20.7. The van der Waals surface area contributed by atoms with Crippen molar-refractivity contribution >= 4 is 56.7 Å². The number of amides is 1. The van der Waals surface area contributed by atoms with Gasteiger partial charge in [-0.05, 0) is 27.4 Å². The van der Waals surface area contributed by atoms with Gasteiger partial charge in [-0.25, -0.2) is 0 Å². The fourth-order valence-electron chi connectivity index (χ4n) is 1.40. The molecule has 0 bridgehead atoms. The van der Waals surface area contributed by atoms with E-state index in [2.05, 4.69) is 21.2 Å². The molecule has 2 heterocycles. The largest absolute Gasteiger partial charge is 0.350 e. The second kappa shape index (κ2) is 6.33. The summed E-state index contributed by atoms with van der Waals surface area (Å²) in [7, 11) is 0. The van der Waals surface area contributed by atoms with Crippen molar-refractivity contribution in [3.05, 3.63) is 20.8 Å². The lowest BCUT2D eigenvalue weighted by Crippen LogP contribution is -2.33. The van der Waals surface area contributed by atoms with Gasteiger partial charge < -0.3 is 5.32 Å². The van der Waals surface area contributed by atoms with Crippen LogP contribution in [-0.4, -0.2) is 35.0 Å². The average molecular weight is 338 g/mol. The minimum atomic E-state index is 0.0399. The molecule has 1 atom stereocenters. The molecule has 1 aromatic rings. The van der Waals surface area contributed by atoms with Crippen LogP contribution < -0.4 is 5.32 Å². The Morgan fingerprint density at radius 2 is 2.44 bits per heavy atom. The SMILES string of the molecule is O=C(NC[C@@H]1CSCCS1)c1sccc1Br. The van der Waals surface area contributed by atoms with Crippen LogP contribution in [0.1, 0.15) is 9.67 Å². The average Bonchev–Trinajstić information content (AvgIpc) is 2.74. The van der Waals surface area contributed by atoms with Gasteiger partial charge in [0.15, 0.2) is 0 Å². The van der Waals surface area contributed by atoms with Gasteiger partial charge in [-0.15, -0.1) is 11.3 Å². The summed E-state index contributed by atoms with van der Waals surface area (Å²) in [6, 6.07) is 1.91. The molecule has 1 fully saturated rings. The van der Waals surface area contributed by atoms with Crippen molar-refractivity contribution in [1.29, 1.82) is 0 Å². The van der Waals surface area contributed by atoms with Crippen LogP contribution in [0.2, 0.25) is 0 Å². The molecule has 1 aliphatic rings. The van der Waals surface area contributed by atoms with E-state index < -0.39 is 0 Å². The lowest BCUT2D eigenvalue weighted by Gasteiger charge is -2.20. The van der Waals surface area contributed by atoms with Crippen LogP contribution in [0.4, 0.5) is 0 Å². The Kier molecular flexibility index (Phi) is 5.06. The number of thioether (sulfide) groups is 2. The molecule has 0 spiro atoms. The van der Waals surface area contributed by atoms with E-state index in [-0.39, 0.29) is 5.91 Å². The number of halogens is 1. The van der Waals surface area contributed by atoms with Crippen LogP contribution in [0.15, 0.2) is 15.9 Å². The fraction of sp³-hybridized carbons (Fsp3) is 0.500. The van der Waals surface area contributed by atoms with E-state index >= 15 is 0 Å². The second-order valence-electron chi connectivity index (χ2n) is 3.38. The predicted molar refractivity (Wildman–Crippen MR) is 77.9 cm³/mol. The van der Waals surface area contributed by atoms with Crippen molar-refractivity contribution in [2.45, 2.75) is 5.25 Å². The Balaban J connectivity index is 1.81. The molecular weight excluding hydrogens is 326 g/mol. The molecule has 0 aromatic carbocycles. The van der Waals surface area contributed by atoms with Gasteiger partial charge in [0.2, 0.25) is 0 Å². The summed E-state index contributed by atoms with van der Waals surface area (Å²) >= 11 is 8.79. The number of carbonyl (C=O) groups is 1. The van der Waals surface area contributed by atoms with E-state index in [1.54, 1.807) is 0 Å². The maximum absolute atomic E-state index is 11.8. The highest BCUT2D eigenvalue weighted by atomic mass is 79.9. The van der Waals surface area contributed by atoms with E-state index in [0.29, 0.717) is 5.25 Å². The van der Waals surface area contributed by atoms with Crippen molar-refractivity contribution in [1.82, 2.24) is 5.32 Å². The number of nitrogens with one attached hydrogen (secondary N) is 1. The summed E-state index contributed by atoms with van der Waals surface area (Å²) in [5, 5.41) is 5.49. The molecule has 1 aliphatic heterocycles. The molecule has 88 valence electrons. The third kappa shape index (κ3) is 3.42. The highest BCUT2D eigenvalue weighted by molar-refractivity contribution is 9.10. The summed E-state index contributed by atoms with van der Waals surface area (Å²) in [6.45, 7) is 0.779. The number of hydrogen-bond acceptors (Lipinski definition) is 4. The summed E-state index contributed by atoms with van der Waals surface area (Å²) in [5.74, 6) is 3.63. The molecule has 2 rings (SSSR count). The van der Waals surface area contributed by atoms with Gasteiger partial charge in [0.25, 0.3) is 5.91 Å². The van der Waals surface area contributed by atoms with Crippen LogP contribution in [0.5, 0.6) is 0 Å². The van der Waals surface area contributed by atoms with Crippen LogP contribution in [0, 0.1) is 0 Å². The van der Waals surface area contributed by atoms with Gasteiger partial charge in [0.1, 0.15) is 4.88 Å². The Morgan fingerprint density at radius 1 is 1.56 bits per heavy atom. The lowest BCUT2D eigenvalue weighted by molar-refractivity contribution is 0.0957. The van der Waals surface area contributed by atoms with Crippen LogP contribution >= 0.6 is 50.8 Å². The van der Waals surface area contributed by atoms with Crippen molar-refractivity contribution < 1.29 is 4.79 Å². The molecule has 0 radical (unpaired) electrons. The predicted octanol–water partition coefficient (Wildman–Crippen LogP) is 3.09. The van der Waals surface area contributed by atoms with E-state index in [9.17, 15) is 4.79 Å². The quantitative estimate of drug-likeness (QED) is 0.918. The topological polar surface area (TPSA) is 29.1 Å². The third-order valence-electron chi connectivity index (χ3n) is 2.20. The molecule has 16 heavy (non-hydrogen) atoms. The first-order valence-electron chi connectivity index (χ1n) is 4.98. The number of thiophene rings is 1. The minimum absolute atomic E-state index is 0.0399. The van der Waals surface area contributed by atoms with E-state index in [0.717, 1.165) is 21.6 Å².